The van der Waals surface area contributed by atoms with E-state index in [1.165, 1.54) is 30.9 Å². The van der Waals surface area contributed by atoms with Gasteiger partial charge in [0, 0.05) is 11.6 Å². The van der Waals surface area contributed by atoms with Gasteiger partial charge in [-0.1, -0.05) is 25.5 Å². The number of ether oxygens (including phenoxy) is 3. The van der Waals surface area contributed by atoms with Crippen LogP contribution in [0.15, 0.2) is 46.8 Å². The lowest BCUT2D eigenvalue weighted by Gasteiger charge is -2.32. The van der Waals surface area contributed by atoms with Crippen LogP contribution in [0.3, 0.4) is 0 Å². The molecule has 5 heteroatoms. The Labute approximate surface area is 149 Å². The molecule has 0 aromatic carbocycles. The number of allylic oxidation sites excluding steroid dienone is 3. The normalized spacial score (nSPS) is 23.6. The predicted molar refractivity (Wildman–Crippen MR) is 94.3 cm³/mol. The molecule has 136 valence electrons. The van der Waals surface area contributed by atoms with E-state index in [1.807, 2.05) is 6.08 Å². The van der Waals surface area contributed by atoms with Crippen molar-refractivity contribution in [3.05, 3.63) is 46.8 Å². The summed E-state index contributed by atoms with van der Waals surface area (Å²) in [7, 11) is 1.32. The van der Waals surface area contributed by atoms with E-state index in [0.717, 1.165) is 12.8 Å². The molecule has 1 unspecified atom stereocenters. The third-order valence-electron chi connectivity index (χ3n) is 4.65. The van der Waals surface area contributed by atoms with Crippen molar-refractivity contribution in [3.8, 4) is 0 Å². The molecule has 0 saturated heterocycles. The zero-order valence-corrected chi connectivity index (χ0v) is 15.5. The molecule has 5 nitrogen and oxygen atoms in total. The lowest BCUT2D eigenvalue weighted by Crippen LogP contribution is -2.19. The molecule has 0 spiro atoms. The number of carbonyl (C=O) groups is 2. The third kappa shape index (κ3) is 4.62. The van der Waals surface area contributed by atoms with Gasteiger partial charge in [-0.2, -0.15) is 0 Å². The molecule has 0 bridgehead atoms. The topological polar surface area (TPSA) is 61.8 Å². The number of rotatable bonds is 5. The second-order valence-corrected chi connectivity index (χ2v) is 7.09. The number of hydrogen-bond acceptors (Lipinski definition) is 5. The molecular formula is C20H26O5. The standard InChI is InChI=1S/C20H26O5/c1-13-7-6-10-20(3,4)16(13)9-8-15(19(22)23-5)12-24-17-11-14(2)18(21)25-17/h8-9,11-12,17H,6-7,10H2,1-5H3/b9-8+,15-12+. The fourth-order valence-electron chi connectivity index (χ4n) is 3.17. The van der Waals surface area contributed by atoms with Crippen LogP contribution in [-0.4, -0.2) is 25.3 Å². The van der Waals surface area contributed by atoms with Crippen molar-refractivity contribution in [2.24, 2.45) is 5.41 Å². The van der Waals surface area contributed by atoms with Crippen molar-refractivity contribution in [2.75, 3.05) is 7.11 Å². The van der Waals surface area contributed by atoms with Crippen molar-refractivity contribution in [2.45, 2.75) is 53.2 Å². The summed E-state index contributed by atoms with van der Waals surface area (Å²) in [5, 5.41) is 0. The molecule has 25 heavy (non-hydrogen) atoms. The Hall–Kier alpha value is -2.30. The maximum absolute atomic E-state index is 12.0. The van der Waals surface area contributed by atoms with E-state index in [2.05, 4.69) is 20.8 Å². The molecule has 1 aliphatic heterocycles. The van der Waals surface area contributed by atoms with Crippen molar-refractivity contribution in [1.82, 2.24) is 0 Å². The summed E-state index contributed by atoms with van der Waals surface area (Å²) in [4.78, 5) is 23.4. The Morgan fingerprint density at radius 1 is 1.36 bits per heavy atom. The molecule has 1 atom stereocenters. The average Bonchev–Trinajstić information content (AvgIpc) is 2.86. The van der Waals surface area contributed by atoms with Gasteiger partial charge in [-0.3, -0.25) is 0 Å². The van der Waals surface area contributed by atoms with Gasteiger partial charge in [0.05, 0.1) is 12.7 Å². The van der Waals surface area contributed by atoms with Crippen LogP contribution in [0, 0.1) is 5.41 Å². The zero-order chi connectivity index (χ0) is 18.6. The molecular weight excluding hydrogens is 320 g/mol. The van der Waals surface area contributed by atoms with E-state index in [1.54, 1.807) is 19.1 Å². The number of methoxy groups -OCH3 is 1. The molecule has 1 aliphatic carbocycles. The van der Waals surface area contributed by atoms with E-state index in [0.29, 0.717) is 5.57 Å². The molecule has 0 fully saturated rings. The highest BCUT2D eigenvalue weighted by molar-refractivity contribution is 5.91. The van der Waals surface area contributed by atoms with E-state index in [4.69, 9.17) is 14.2 Å². The van der Waals surface area contributed by atoms with Gasteiger partial charge in [-0.05, 0) is 50.2 Å². The molecule has 0 aromatic heterocycles. The Morgan fingerprint density at radius 3 is 2.64 bits per heavy atom. The summed E-state index contributed by atoms with van der Waals surface area (Å²) in [6, 6.07) is 0. The van der Waals surface area contributed by atoms with Crippen LogP contribution in [0.5, 0.6) is 0 Å². The molecule has 2 aliphatic rings. The predicted octanol–water partition coefficient (Wildman–Crippen LogP) is 3.97. The van der Waals surface area contributed by atoms with Crippen LogP contribution in [0.2, 0.25) is 0 Å². The van der Waals surface area contributed by atoms with Crippen LogP contribution < -0.4 is 0 Å². The first-order valence-electron chi connectivity index (χ1n) is 8.46. The Morgan fingerprint density at radius 2 is 2.08 bits per heavy atom. The maximum atomic E-state index is 12.0. The van der Waals surface area contributed by atoms with Crippen LogP contribution in [0.1, 0.15) is 47.0 Å². The Balaban J connectivity index is 2.19. The SMILES string of the molecule is COC(=O)C(/C=C/C1=C(C)CCCC1(C)C)=C/OC1C=C(C)C(=O)O1. The summed E-state index contributed by atoms with van der Waals surface area (Å²) in [5.74, 6) is -0.925. The highest BCUT2D eigenvalue weighted by Crippen LogP contribution is 2.40. The van der Waals surface area contributed by atoms with E-state index in [-0.39, 0.29) is 11.0 Å². The summed E-state index contributed by atoms with van der Waals surface area (Å²) in [6.45, 7) is 8.19. The van der Waals surface area contributed by atoms with Crippen molar-refractivity contribution in [3.63, 3.8) is 0 Å². The minimum absolute atomic E-state index is 0.0712. The molecule has 0 saturated carbocycles. The second kappa shape index (κ2) is 7.72. The first-order valence-corrected chi connectivity index (χ1v) is 8.46. The van der Waals surface area contributed by atoms with Crippen LogP contribution in [0.25, 0.3) is 0 Å². The van der Waals surface area contributed by atoms with Crippen molar-refractivity contribution >= 4 is 11.9 Å². The number of carbonyl (C=O) groups excluding carboxylic acids is 2. The maximum Gasteiger partial charge on any atom is 0.340 e. The van der Waals surface area contributed by atoms with Crippen molar-refractivity contribution in [1.29, 1.82) is 0 Å². The Kier molecular flexibility index (Phi) is 5.88. The molecule has 0 aromatic rings. The third-order valence-corrected chi connectivity index (χ3v) is 4.65. The molecule has 1 heterocycles. The monoisotopic (exact) mass is 346 g/mol. The van der Waals surface area contributed by atoms with Gasteiger partial charge >= 0.3 is 11.9 Å². The Bertz CT molecular complexity index is 676. The van der Waals surface area contributed by atoms with Crippen LogP contribution >= 0.6 is 0 Å². The van der Waals surface area contributed by atoms with Gasteiger partial charge in [-0.25, -0.2) is 9.59 Å². The highest BCUT2D eigenvalue weighted by Gasteiger charge is 2.27. The fraction of sp³-hybridized carbons (Fsp3) is 0.500. The largest absolute Gasteiger partial charge is 0.465 e. The molecule has 0 amide bonds. The first kappa shape index (κ1) is 19.0. The van der Waals surface area contributed by atoms with Gasteiger partial charge in [0.25, 0.3) is 6.29 Å². The average molecular weight is 346 g/mol. The van der Waals surface area contributed by atoms with E-state index >= 15 is 0 Å². The fourth-order valence-corrected chi connectivity index (χ4v) is 3.17. The zero-order valence-electron chi connectivity index (χ0n) is 15.5. The lowest BCUT2D eigenvalue weighted by atomic mass is 9.72. The lowest BCUT2D eigenvalue weighted by molar-refractivity contribution is -0.152. The molecule has 2 rings (SSSR count). The second-order valence-electron chi connectivity index (χ2n) is 7.09. The summed E-state index contributed by atoms with van der Waals surface area (Å²) >= 11 is 0. The van der Waals surface area contributed by atoms with Gasteiger partial charge in [-0.15, -0.1) is 0 Å². The first-order chi connectivity index (χ1) is 11.7. The minimum atomic E-state index is -0.812. The van der Waals surface area contributed by atoms with Gasteiger partial charge in [0.15, 0.2) is 0 Å². The summed E-state index contributed by atoms with van der Waals surface area (Å²) in [5.41, 5.74) is 3.39. The quantitative estimate of drug-likeness (QED) is 0.326. The smallest absolute Gasteiger partial charge is 0.340 e. The van der Waals surface area contributed by atoms with E-state index < -0.39 is 18.2 Å². The molecule has 0 N–H and O–H groups in total. The van der Waals surface area contributed by atoms with Gasteiger partial charge in [0.2, 0.25) is 0 Å². The van der Waals surface area contributed by atoms with E-state index in [9.17, 15) is 9.59 Å². The van der Waals surface area contributed by atoms with Crippen LogP contribution in [-0.2, 0) is 23.8 Å². The number of cyclic esters (lactones) is 1. The summed E-state index contributed by atoms with van der Waals surface area (Å²) in [6.07, 6.45) is 9.05. The van der Waals surface area contributed by atoms with Gasteiger partial charge < -0.3 is 14.2 Å². The summed E-state index contributed by atoms with van der Waals surface area (Å²) < 4.78 is 15.2. The highest BCUT2D eigenvalue weighted by atomic mass is 16.7. The molecule has 0 radical (unpaired) electrons. The van der Waals surface area contributed by atoms with Crippen molar-refractivity contribution < 1.29 is 23.8 Å². The minimum Gasteiger partial charge on any atom is -0.465 e. The van der Waals surface area contributed by atoms with Gasteiger partial charge in [0.1, 0.15) is 6.26 Å². The number of hydrogen-bond donors (Lipinski definition) is 0. The number of esters is 2. The van der Waals surface area contributed by atoms with Crippen LogP contribution in [0.4, 0.5) is 0 Å².